The summed E-state index contributed by atoms with van der Waals surface area (Å²) in [5.74, 6) is 0.0155. The van der Waals surface area contributed by atoms with Crippen LogP contribution < -0.4 is 16.0 Å². The highest BCUT2D eigenvalue weighted by Crippen LogP contribution is 2.21. The van der Waals surface area contributed by atoms with Crippen molar-refractivity contribution >= 4 is 27.5 Å². The summed E-state index contributed by atoms with van der Waals surface area (Å²) in [5, 5.41) is 2.87. The third kappa shape index (κ3) is 4.66. The molecule has 0 bridgehead atoms. The van der Waals surface area contributed by atoms with E-state index in [1.165, 1.54) is 0 Å². The zero-order valence-corrected chi connectivity index (χ0v) is 12.6. The number of nitrogens with two attached hydrogens (primary N) is 1. The lowest BCUT2D eigenvalue weighted by Crippen LogP contribution is -2.38. The fourth-order valence-corrected chi connectivity index (χ4v) is 2.17. The quantitative estimate of drug-likeness (QED) is 0.872. The van der Waals surface area contributed by atoms with E-state index in [0.29, 0.717) is 13.1 Å². The maximum Gasteiger partial charge on any atom is 0.239 e. The molecule has 18 heavy (non-hydrogen) atoms. The van der Waals surface area contributed by atoms with Gasteiger partial charge < -0.3 is 16.0 Å². The van der Waals surface area contributed by atoms with Gasteiger partial charge in [-0.1, -0.05) is 15.9 Å². The Balaban J connectivity index is 2.74. The number of hydrogen-bond acceptors (Lipinski definition) is 3. The van der Waals surface area contributed by atoms with Gasteiger partial charge in [0.1, 0.15) is 0 Å². The maximum absolute atomic E-state index is 11.7. The number of halogens is 1. The Morgan fingerprint density at radius 2 is 2.11 bits per heavy atom. The number of anilines is 1. The van der Waals surface area contributed by atoms with E-state index in [4.69, 9.17) is 5.73 Å². The van der Waals surface area contributed by atoms with Gasteiger partial charge in [0.15, 0.2) is 0 Å². The number of nitrogens with one attached hydrogen (secondary N) is 1. The minimum absolute atomic E-state index is 0.0155. The average Bonchev–Trinajstić information content (AvgIpc) is 2.26. The Bertz CT molecular complexity index is 421. The number of hydrogen-bond donors (Lipinski definition) is 2. The van der Waals surface area contributed by atoms with Crippen molar-refractivity contribution in [3.05, 3.63) is 28.2 Å². The second kappa shape index (κ2) is 6.75. The van der Waals surface area contributed by atoms with Gasteiger partial charge in [-0.15, -0.1) is 0 Å². The van der Waals surface area contributed by atoms with Crippen LogP contribution in [0.4, 0.5) is 5.69 Å². The molecule has 0 aliphatic carbocycles. The van der Waals surface area contributed by atoms with Gasteiger partial charge in [-0.05, 0) is 37.6 Å². The lowest BCUT2D eigenvalue weighted by molar-refractivity contribution is -0.120. The molecule has 100 valence electrons. The number of carbonyl (C=O) groups is 1. The molecule has 0 aliphatic rings. The first-order valence-corrected chi connectivity index (χ1v) is 6.71. The van der Waals surface area contributed by atoms with Gasteiger partial charge in [0.05, 0.1) is 6.54 Å². The van der Waals surface area contributed by atoms with Crippen LogP contribution >= 0.6 is 15.9 Å². The number of rotatable bonds is 5. The summed E-state index contributed by atoms with van der Waals surface area (Å²) in [5.41, 5.74) is 7.65. The largest absolute Gasteiger partial charge is 0.365 e. The van der Waals surface area contributed by atoms with Crippen LogP contribution in [0, 0.1) is 0 Å². The van der Waals surface area contributed by atoms with Crippen molar-refractivity contribution < 1.29 is 4.79 Å². The molecular weight excluding hydrogens is 294 g/mol. The van der Waals surface area contributed by atoms with Crippen molar-refractivity contribution in [2.45, 2.75) is 26.4 Å². The van der Waals surface area contributed by atoms with Crippen LogP contribution in [0.15, 0.2) is 22.7 Å². The van der Waals surface area contributed by atoms with Crippen LogP contribution in [-0.4, -0.2) is 25.5 Å². The number of nitrogens with zero attached hydrogens (tertiary/aromatic N) is 1. The summed E-state index contributed by atoms with van der Waals surface area (Å²) in [6.45, 7) is 4.71. The topological polar surface area (TPSA) is 58.4 Å². The number of likely N-dealkylation sites (N-methyl/N-ethyl adjacent to an activating group) is 1. The van der Waals surface area contributed by atoms with E-state index >= 15 is 0 Å². The van der Waals surface area contributed by atoms with Gasteiger partial charge in [-0.3, -0.25) is 4.79 Å². The molecule has 0 heterocycles. The van der Waals surface area contributed by atoms with Gasteiger partial charge in [-0.2, -0.15) is 0 Å². The Labute approximate surface area is 117 Å². The fraction of sp³-hybridized carbons (Fsp3) is 0.462. The number of amides is 1. The van der Waals surface area contributed by atoms with Crippen LogP contribution in [-0.2, 0) is 11.3 Å². The molecule has 0 spiro atoms. The highest BCUT2D eigenvalue weighted by atomic mass is 79.9. The molecule has 0 aliphatic heterocycles. The van der Waals surface area contributed by atoms with Gasteiger partial charge in [0, 0.05) is 29.8 Å². The summed E-state index contributed by atoms with van der Waals surface area (Å²) < 4.78 is 0.969. The monoisotopic (exact) mass is 313 g/mol. The van der Waals surface area contributed by atoms with E-state index in [0.717, 1.165) is 15.7 Å². The predicted octanol–water partition coefficient (Wildman–Crippen LogP) is 1.87. The minimum Gasteiger partial charge on any atom is -0.365 e. The van der Waals surface area contributed by atoms with Crippen LogP contribution in [0.3, 0.4) is 0 Å². The van der Waals surface area contributed by atoms with E-state index < -0.39 is 0 Å². The second-order valence-corrected chi connectivity index (χ2v) is 5.52. The molecule has 0 saturated heterocycles. The highest BCUT2D eigenvalue weighted by molar-refractivity contribution is 9.10. The van der Waals surface area contributed by atoms with Gasteiger partial charge in [0.25, 0.3) is 0 Å². The van der Waals surface area contributed by atoms with E-state index in [2.05, 4.69) is 21.2 Å². The molecule has 1 rings (SSSR count). The molecule has 0 atom stereocenters. The summed E-state index contributed by atoms with van der Waals surface area (Å²) in [4.78, 5) is 13.6. The summed E-state index contributed by atoms with van der Waals surface area (Å²) in [6, 6.07) is 6.11. The Kier molecular flexibility index (Phi) is 5.62. The van der Waals surface area contributed by atoms with Gasteiger partial charge in [0.2, 0.25) is 5.91 Å². The molecule has 0 fully saturated rings. The van der Waals surface area contributed by atoms with Crippen LogP contribution in [0.1, 0.15) is 19.4 Å². The van der Waals surface area contributed by atoms with Crippen LogP contribution in [0.2, 0.25) is 0 Å². The minimum atomic E-state index is 0.0155. The zero-order chi connectivity index (χ0) is 13.7. The molecule has 0 radical (unpaired) electrons. The van der Waals surface area contributed by atoms with E-state index in [-0.39, 0.29) is 11.9 Å². The Morgan fingerprint density at radius 1 is 1.44 bits per heavy atom. The molecule has 1 aromatic rings. The van der Waals surface area contributed by atoms with Crippen molar-refractivity contribution in [2.24, 2.45) is 5.73 Å². The number of carbonyl (C=O) groups excluding carboxylic acids is 1. The third-order valence-electron chi connectivity index (χ3n) is 2.45. The first-order valence-electron chi connectivity index (χ1n) is 5.92. The lowest BCUT2D eigenvalue weighted by Gasteiger charge is -2.20. The summed E-state index contributed by atoms with van der Waals surface area (Å²) in [6.07, 6.45) is 0. The van der Waals surface area contributed by atoms with Crippen molar-refractivity contribution in [3.8, 4) is 0 Å². The maximum atomic E-state index is 11.7. The molecule has 4 nitrogen and oxygen atoms in total. The molecule has 0 aromatic heterocycles. The second-order valence-electron chi connectivity index (χ2n) is 4.60. The molecule has 1 amide bonds. The lowest BCUT2D eigenvalue weighted by atomic mass is 10.2. The van der Waals surface area contributed by atoms with Crippen LogP contribution in [0.5, 0.6) is 0 Å². The first kappa shape index (κ1) is 15.0. The Hall–Kier alpha value is -1.07. The normalized spacial score (nSPS) is 10.6. The first-order chi connectivity index (χ1) is 8.42. The average molecular weight is 314 g/mol. The predicted molar refractivity (Wildman–Crippen MR) is 78.6 cm³/mol. The van der Waals surface area contributed by atoms with Crippen LogP contribution in [0.25, 0.3) is 0 Å². The smallest absolute Gasteiger partial charge is 0.239 e. The van der Waals surface area contributed by atoms with Crippen molar-refractivity contribution in [2.75, 3.05) is 18.5 Å². The van der Waals surface area contributed by atoms with E-state index in [1.54, 1.807) is 0 Å². The van der Waals surface area contributed by atoms with E-state index in [9.17, 15) is 4.79 Å². The summed E-state index contributed by atoms with van der Waals surface area (Å²) >= 11 is 3.45. The molecule has 0 saturated carbocycles. The highest BCUT2D eigenvalue weighted by Gasteiger charge is 2.09. The van der Waals surface area contributed by atoms with Crippen molar-refractivity contribution in [1.29, 1.82) is 0 Å². The zero-order valence-electron chi connectivity index (χ0n) is 11.0. The summed E-state index contributed by atoms with van der Waals surface area (Å²) in [7, 11) is 1.89. The van der Waals surface area contributed by atoms with Crippen molar-refractivity contribution in [3.63, 3.8) is 0 Å². The molecule has 1 aromatic carbocycles. The molecule has 5 heteroatoms. The SMILES string of the molecule is CC(C)NC(=O)CN(C)c1cc(Br)cc(CN)c1. The molecule has 3 N–H and O–H groups in total. The molecule has 0 unspecified atom stereocenters. The van der Waals surface area contributed by atoms with Crippen molar-refractivity contribution in [1.82, 2.24) is 5.32 Å². The molecular formula is C13H20BrN3O. The van der Waals surface area contributed by atoms with Gasteiger partial charge >= 0.3 is 0 Å². The van der Waals surface area contributed by atoms with Gasteiger partial charge in [-0.25, -0.2) is 0 Å². The fourth-order valence-electron chi connectivity index (χ4n) is 1.65. The Morgan fingerprint density at radius 3 is 2.67 bits per heavy atom. The third-order valence-corrected chi connectivity index (χ3v) is 2.91. The standard InChI is InChI=1S/C13H20BrN3O/c1-9(2)16-13(18)8-17(3)12-5-10(7-15)4-11(14)6-12/h4-6,9H,7-8,15H2,1-3H3,(H,16,18). The van der Waals surface area contributed by atoms with E-state index in [1.807, 2.05) is 44.0 Å². The number of benzene rings is 1.